The van der Waals surface area contributed by atoms with Crippen LogP contribution in [0.3, 0.4) is 0 Å². The summed E-state index contributed by atoms with van der Waals surface area (Å²) in [5.41, 5.74) is 5.37. The number of hydrogen-bond acceptors (Lipinski definition) is 3. The standard InChI is InChI=1S/C9H13N3O2.ClH/c1-6(10)5-8(13)12-7-3-2-4-11-9(7)14;/h2-4,6H,5,10H2,1H3,(H,11,14)(H,12,13);1H. The Bertz CT molecular complexity index is 376. The lowest BCUT2D eigenvalue weighted by atomic mass is 10.2. The first kappa shape index (κ1) is 13.7. The molecule has 0 aromatic carbocycles. The fourth-order valence-corrected chi connectivity index (χ4v) is 1.01. The Kier molecular flexibility index (Phi) is 5.66. The molecule has 0 aliphatic rings. The number of aromatic amines is 1. The summed E-state index contributed by atoms with van der Waals surface area (Å²) in [6.45, 7) is 1.73. The second-order valence-electron chi connectivity index (χ2n) is 3.14. The van der Waals surface area contributed by atoms with E-state index in [1.54, 1.807) is 13.0 Å². The van der Waals surface area contributed by atoms with E-state index < -0.39 is 0 Å². The minimum Gasteiger partial charge on any atom is -0.327 e. The van der Waals surface area contributed by atoms with Crippen LogP contribution in [0.4, 0.5) is 5.69 Å². The molecular weight excluding hydrogens is 218 g/mol. The molecule has 0 radical (unpaired) electrons. The molecule has 1 aromatic rings. The van der Waals surface area contributed by atoms with Crippen molar-refractivity contribution < 1.29 is 4.79 Å². The van der Waals surface area contributed by atoms with Crippen LogP contribution >= 0.6 is 12.4 Å². The van der Waals surface area contributed by atoms with E-state index in [9.17, 15) is 9.59 Å². The molecule has 0 saturated heterocycles. The lowest BCUT2D eigenvalue weighted by Gasteiger charge is -2.05. The summed E-state index contributed by atoms with van der Waals surface area (Å²) in [4.78, 5) is 24.8. The van der Waals surface area contributed by atoms with Gasteiger partial charge in [-0.1, -0.05) is 0 Å². The molecule has 1 atom stereocenters. The van der Waals surface area contributed by atoms with E-state index in [-0.39, 0.29) is 42.0 Å². The molecule has 0 aliphatic carbocycles. The van der Waals surface area contributed by atoms with Crippen LogP contribution in [0, 0.1) is 0 Å². The molecular formula is C9H14ClN3O2. The van der Waals surface area contributed by atoms with Gasteiger partial charge in [-0.05, 0) is 19.1 Å². The van der Waals surface area contributed by atoms with E-state index >= 15 is 0 Å². The Morgan fingerprint density at radius 2 is 2.33 bits per heavy atom. The first-order valence-corrected chi connectivity index (χ1v) is 4.32. The van der Waals surface area contributed by atoms with Crippen molar-refractivity contribution in [2.75, 3.05) is 5.32 Å². The van der Waals surface area contributed by atoms with Gasteiger partial charge in [0.25, 0.3) is 5.56 Å². The number of nitrogens with one attached hydrogen (secondary N) is 2. The van der Waals surface area contributed by atoms with Crippen LogP contribution in [0.5, 0.6) is 0 Å². The van der Waals surface area contributed by atoms with Gasteiger partial charge in [-0.2, -0.15) is 0 Å². The van der Waals surface area contributed by atoms with Gasteiger partial charge in [0.2, 0.25) is 5.91 Å². The number of amides is 1. The zero-order valence-electron chi connectivity index (χ0n) is 8.32. The fraction of sp³-hybridized carbons (Fsp3) is 0.333. The van der Waals surface area contributed by atoms with Crippen molar-refractivity contribution in [2.45, 2.75) is 19.4 Å². The number of hydrogen-bond donors (Lipinski definition) is 3. The Morgan fingerprint density at radius 1 is 1.67 bits per heavy atom. The average molecular weight is 232 g/mol. The van der Waals surface area contributed by atoms with Gasteiger partial charge in [-0.3, -0.25) is 9.59 Å². The molecule has 5 nitrogen and oxygen atoms in total. The number of anilines is 1. The third-order valence-electron chi connectivity index (χ3n) is 1.60. The highest BCUT2D eigenvalue weighted by Gasteiger charge is 2.06. The molecule has 1 rings (SSSR count). The smallest absolute Gasteiger partial charge is 0.271 e. The Balaban J connectivity index is 0.00000196. The van der Waals surface area contributed by atoms with Crippen LogP contribution in [-0.4, -0.2) is 16.9 Å². The molecule has 84 valence electrons. The monoisotopic (exact) mass is 231 g/mol. The van der Waals surface area contributed by atoms with Gasteiger partial charge in [0.1, 0.15) is 5.69 Å². The van der Waals surface area contributed by atoms with E-state index in [4.69, 9.17) is 5.73 Å². The molecule has 4 N–H and O–H groups in total. The van der Waals surface area contributed by atoms with Crippen LogP contribution in [0.25, 0.3) is 0 Å². The second kappa shape index (κ2) is 6.21. The van der Waals surface area contributed by atoms with E-state index in [2.05, 4.69) is 10.3 Å². The van der Waals surface area contributed by atoms with Crippen LogP contribution in [0.2, 0.25) is 0 Å². The number of aromatic nitrogens is 1. The molecule has 1 aromatic heterocycles. The number of carbonyl (C=O) groups excluding carboxylic acids is 1. The predicted molar refractivity (Wildman–Crippen MR) is 61.2 cm³/mol. The molecule has 0 bridgehead atoms. The van der Waals surface area contributed by atoms with Gasteiger partial charge in [-0.25, -0.2) is 0 Å². The summed E-state index contributed by atoms with van der Waals surface area (Å²) in [6.07, 6.45) is 1.71. The number of H-pyrrole nitrogens is 1. The van der Waals surface area contributed by atoms with E-state index in [1.165, 1.54) is 12.3 Å². The van der Waals surface area contributed by atoms with Crippen LogP contribution < -0.4 is 16.6 Å². The van der Waals surface area contributed by atoms with Crippen LogP contribution in [0.15, 0.2) is 23.1 Å². The van der Waals surface area contributed by atoms with Gasteiger partial charge >= 0.3 is 0 Å². The maximum absolute atomic E-state index is 11.2. The Hall–Kier alpha value is -1.33. The summed E-state index contributed by atoms with van der Waals surface area (Å²) in [7, 11) is 0. The van der Waals surface area contributed by atoms with Gasteiger partial charge in [-0.15, -0.1) is 12.4 Å². The number of pyridine rings is 1. The number of halogens is 1. The van der Waals surface area contributed by atoms with Gasteiger partial charge in [0.05, 0.1) is 0 Å². The molecule has 1 heterocycles. The number of carbonyl (C=O) groups is 1. The highest BCUT2D eigenvalue weighted by atomic mass is 35.5. The first-order chi connectivity index (χ1) is 6.59. The lowest BCUT2D eigenvalue weighted by molar-refractivity contribution is -0.116. The van der Waals surface area contributed by atoms with Crippen molar-refractivity contribution in [3.63, 3.8) is 0 Å². The molecule has 1 unspecified atom stereocenters. The molecule has 0 spiro atoms. The molecule has 15 heavy (non-hydrogen) atoms. The van der Waals surface area contributed by atoms with Gasteiger partial charge in [0.15, 0.2) is 0 Å². The Morgan fingerprint density at radius 3 is 2.87 bits per heavy atom. The normalized spacial score (nSPS) is 11.3. The van der Waals surface area contributed by atoms with Crippen molar-refractivity contribution in [1.29, 1.82) is 0 Å². The third kappa shape index (κ3) is 4.62. The number of nitrogens with two attached hydrogens (primary N) is 1. The SMILES string of the molecule is CC(N)CC(=O)Nc1ccc[nH]c1=O.Cl. The predicted octanol–water partition coefficient (Wildman–Crippen LogP) is 0.472. The summed E-state index contributed by atoms with van der Waals surface area (Å²) in [5, 5.41) is 2.48. The van der Waals surface area contributed by atoms with Crippen molar-refractivity contribution >= 4 is 24.0 Å². The second-order valence-corrected chi connectivity index (χ2v) is 3.14. The van der Waals surface area contributed by atoms with Crippen molar-refractivity contribution in [1.82, 2.24) is 4.98 Å². The van der Waals surface area contributed by atoms with E-state index in [0.717, 1.165) is 0 Å². The summed E-state index contributed by atoms with van der Waals surface area (Å²) in [5.74, 6) is -0.253. The largest absolute Gasteiger partial charge is 0.327 e. The quantitative estimate of drug-likeness (QED) is 0.707. The maximum atomic E-state index is 11.2. The lowest BCUT2D eigenvalue weighted by Crippen LogP contribution is -2.26. The summed E-state index contributed by atoms with van der Waals surface area (Å²) >= 11 is 0. The molecule has 0 fully saturated rings. The minimum absolute atomic E-state index is 0. The van der Waals surface area contributed by atoms with E-state index in [1.807, 2.05) is 0 Å². The molecule has 0 saturated carbocycles. The van der Waals surface area contributed by atoms with Crippen LogP contribution in [-0.2, 0) is 4.79 Å². The van der Waals surface area contributed by atoms with Crippen molar-refractivity contribution in [3.8, 4) is 0 Å². The molecule has 1 amide bonds. The average Bonchev–Trinajstić information content (AvgIpc) is 2.07. The third-order valence-corrected chi connectivity index (χ3v) is 1.60. The fourth-order valence-electron chi connectivity index (χ4n) is 1.01. The molecule has 0 aliphatic heterocycles. The highest BCUT2D eigenvalue weighted by Crippen LogP contribution is 1.98. The zero-order chi connectivity index (χ0) is 10.6. The highest BCUT2D eigenvalue weighted by molar-refractivity contribution is 5.90. The Labute approximate surface area is 93.5 Å². The molecule has 6 heteroatoms. The minimum atomic E-state index is -0.314. The van der Waals surface area contributed by atoms with Gasteiger partial charge in [0, 0.05) is 18.7 Å². The van der Waals surface area contributed by atoms with E-state index in [0.29, 0.717) is 0 Å². The number of rotatable bonds is 3. The van der Waals surface area contributed by atoms with Crippen molar-refractivity contribution in [3.05, 3.63) is 28.7 Å². The maximum Gasteiger partial charge on any atom is 0.271 e. The van der Waals surface area contributed by atoms with Gasteiger partial charge < -0.3 is 16.0 Å². The van der Waals surface area contributed by atoms with Crippen LogP contribution in [0.1, 0.15) is 13.3 Å². The zero-order valence-corrected chi connectivity index (χ0v) is 9.14. The summed E-state index contributed by atoms with van der Waals surface area (Å²) in [6, 6.07) is 2.97. The van der Waals surface area contributed by atoms with Crippen molar-refractivity contribution in [2.24, 2.45) is 5.73 Å². The topological polar surface area (TPSA) is 88.0 Å². The summed E-state index contributed by atoms with van der Waals surface area (Å²) < 4.78 is 0. The first-order valence-electron chi connectivity index (χ1n) is 4.32.